The van der Waals surface area contributed by atoms with Gasteiger partial charge in [0.2, 0.25) is 5.91 Å². The van der Waals surface area contributed by atoms with E-state index in [4.69, 9.17) is 4.42 Å². The monoisotopic (exact) mass is 330 g/mol. The molecule has 6 nitrogen and oxygen atoms in total. The summed E-state index contributed by atoms with van der Waals surface area (Å²) in [5.41, 5.74) is 0. The highest BCUT2D eigenvalue weighted by atomic mass is 79.9. The Morgan fingerprint density at radius 2 is 1.84 bits per heavy atom. The zero-order valence-electron chi connectivity index (χ0n) is 10.5. The summed E-state index contributed by atoms with van der Waals surface area (Å²) in [5, 5.41) is 5.20. The van der Waals surface area contributed by atoms with Gasteiger partial charge in [0.05, 0.1) is 0 Å². The fraction of sp³-hybridized carbons (Fsp3) is 0.417. The number of amides is 2. The van der Waals surface area contributed by atoms with Gasteiger partial charge in [-0.05, 0) is 35.0 Å². The van der Waals surface area contributed by atoms with Crippen LogP contribution in [0.3, 0.4) is 0 Å². The molecule has 0 atom stereocenters. The molecule has 104 valence electrons. The van der Waals surface area contributed by atoms with Gasteiger partial charge >= 0.3 is 0 Å². The molecule has 0 aliphatic rings. The first kappa shape index (κ1) is 15.4. The SMILES string of the molecule is CC(=O)CCC(=O)NCCNC(=O)c1ccc(Br)o1. The van der Waals surface area contributed by atoms with E-state index in [9.17, 15) is 14.4 Å². The smallest absolute Gasteiger partial charge is 0.287 e. The highest BCUT2D eigenvalue weighted by Crippen LogP contribution is 2.13. The maximum Gasteiger partial charge on any atom is 0.287 e. The van der Waals surface area contributed by atoms with Gasteiger partial charge in [-0.3, -0.25) is 9.59 Å². The second-order valence-electron chi connectivity index (χ2n) is 3.91. The van der Waals surface area contributed by atoms with Crippen molar-refractivity contribution in [3.8, 4) is 0 Å². The number of Topliss-reactive ketones (excluding diaryl/α,β-unsaturated/α-hetero) is 1. The molecular formula is C12H15BrN2O4. The standard InChI is InChI=1S/C12H15BrN2O4/c1-8(16)2-5-11(17)14-6-7-15-12(18)9-3-4-10(13)19-9/h3-4H,2,5-7H2,1H3,(H,14,17)(H,15,18). The van der Waals surface area contributed by atoms with Crippen molar-refractivity contribution >= 4 is 33.5 Å². The summed E-state index contributed by atoms with van der Waals surface area (Å²) < 4.78 is 5.55. The number of rotatable bonds is 7. The van der Waals surface area contributed by atoms with Crippen molar-refractivity contribution in [3.05, 3.63) is 22.6 Å². The van der Waals surface area contributed by atoms with Crippen LogP contribution in [-0.4, -0.2) is 30.7 Å². The van der Waals surface area contributed by atoms with Crippen LogP contribution < -0.4 is 10.6 Å². The molecule has 0 unspecified atom stereocenters. The molecule has 7 heteroatoms. The Hall–Kier alpha value is -1.63. The first-order chi connectivity index (χ1) is 8.99. The first-order valence-electron chi connectivity index (χ1n) is 5.78. The first-order valence-corrected chi connectivity index (χ1v) is 6.58. The van der Waals surface area contributed by atoms with Crippen LogP contribution in [0.15, 0.2) is 21.2 Å². The van der Waals surface area contributed by atoms with Crippen LogP contribution in [0, 0.1) is 0 Å². The molecule has 2 amide bonds. The van der Waals surface area contributed by atoms with Gasteiger partial charge in [0, 0.05) is 25.9 Å². The van der Waals surface area contributed by atoms with Gasteiger partial charge in [-0.1, -0.05) is 0 Å². The maximum atomic E-state index is 11.5. The number of hydrogen-bond donors (Lipinski definition) is 2. The molecule has 1 heterocycles. The minimum atomic E-state index is -0.344. The van der Waals surface area contributed by atoms with E-state index in [1.165, 1.54) is 6.92 Å². The number of nitrogens with one attached hydrogen (secondary N) is 2. The molecule has 0 bridgehead atoms. The van der Waals surface area contributed by atoms with E-state index >= 15 is 0 Å². The summed E-state index contributed by atoms with van der Waals surface area (Å²) in [6.45, 7) is 2.04. The second kappa shape index (κ2) is 7.73. The van der Waals surface area contributed by atoms with Gasteiger partial charge < -0.3 is 19.8 Å². The zero-order valence-corrected chi connectivity index (χ0v) is 12.1. The molecule has 1 aromatic heterocycles. The quantitative estimate of drug-likeness (QED) is 0.736. The second-order valence-corrected chi connectivity index (χ2v) is 4.69. The van der Waals surface area contributed by atoms with E-state index in [0.717, 1.165) is 0 Å². The Morgan fingerprint density at radius 1 is 1.16 bits per heavy atom. The fourth-order valence-electron chi connectivity index (χ4n) is 1.28. The van der Waals surface area contributed by atoms with Crippen LogP contribution in [0.5, 0.6) is 0 Å². The van der Waals surface area contributed by atoms with Crippen LogP contribution in [0.1, 0.15) is 30.3 Å². The van der Waals surface area contributed by atoms with E-state index in [1.54, 1.807) is 12.1 Å². The highest BCUT2D eigenvalue weighted by Gasteiger charge is 2.09. The van der Waals surface area contributed by atoms with E-state index in [2.05, 4.69) is 26.6 Å². The lowest BCUT2D eigenvalue weighted by molar-refractivity contribution is -0.124. The summed E-state index contributed by atoms with van der Waals surface area (Å²) in [7, 11) is 0. The van der Waals surface area contributed by atoms with Crippen LogP contribution in [0.2, 0.25) is 0 Å². The minimum Gasteiger partial charge on any atom is -0.444 e. The fourth-order valence-corrected chi connectivity index (χ4v) is 1.59. The Balaban J connectivity index is 2.15. The molecule has 0 aliphatic heterocycles. The summed E-state index contributed by atoms with van der Waals surface area (Å²) in [6.07, 6.45) is 0.410. The maximum absolute atomic E-state index is 11.5. The normalized spacial score (nSPS) is 10.0. The van der Waals surface area contributed by atoms with Gasteiger partial charge in [0.1, 0.15) is 5.78 Å². The topological polar surface area (TPSA) is 88.4 Å². The molecule has 2 N–H and O–H groups in total. The predicted molar refractivity (Wildman–Crippen MR) is 71.7 cm³/mol. The third-order valence-corrected chi connectivity index (χ3v) is 2.66. The van der Waals surface area contributed by atoms with Crippen molar-refractivity contribution in [2.24, 2.45) is 0 Å². The lowest BCUT2D eigenvalue weighted by Crippen LogP contribution is -2.34. The molecule has 1 rings (SSSR count). The van der Waals surface area contributed by atoms with Crippen molar-refractivity contribution in [2.45, 2.75) is 19.8 Å². The van der Waals surface area contributed by atoms with Crippen molar-refractivity contribution < 1.29 is 18.8 Å². The molecule has 0 saturated carbocycles. The highest BCUT2D eigenvalue weighted by molar-refractivity contribution is 9.10. The number of halogens is 1. The average molecular weight is 331 g/mol. The Bertz CT molecular complexity index is 470. The third kappa shape index (κ3) is 6.19. The lowest BCUT2D eigenvalue weighted by atomic mass is 10.2. The average Bonchev–Trinajstić information content (AvgIpc) is 2.78. The predicted octanol–water partition coefficient (Wildman–Crippen LogP) is 1.26. The van der Waals surface area contributed by atoms with Crippen molar-refractivity contribution in [1.29, 1.82) is 0 Å². The van der Waals surface area contributed by atoms with E-state index < -0.39 is 0 Å². The van der Waals surface area contributed by atoms with Gasteiger partial charge in [-0.15, -0.1) is 0 Å². The molecule has 0 fully saturated rings. The number of furan rings is 1. The summed E-state index contributed by atoms with van der Waals surface area (Å²) in [4.78, 5) is 33.5. The van der Waals surface area contributed by atoms with Crippen molar-refractivity contribution in [3.63, 3.8) is 0 Å². The Kier molecular flexibility index (Phi) is 6.27. The number of hydrogen-bond acceptors (Lipinski definition) is 4. The number of carbonyl (C=O) groups is 3. The van der Waals surface area contributed by atoms with Gasteiger partial charge in [0.15, 0.2) is 10.4 Å². The Labute approximate surface area is 119 Å². The number of ketones is 1. The molecule has 0 aliphatic carbocycles. The molecule has 0 aromatic carbocycles. The summed E-state index contributed by atoms with van der Waals surface area (Å²) in [5.74, 6) is -0.365. The van der Waals surface area contributed by atoms with Crippen LogP contribution in [-0.2, 0) is 9.59 Å². The third-order valence-electron chi connectivity index (χ3n) is 2.23. The largest absolute Gasteiger partial charge is 0.444 e. The molecular weight excluding hydrogens is 316 g/mol. The van der Waals surface area contributed by atoms with E-state index in [-0.39, 0.29) is 36.2 Å². The minimum absolute atomic E-state index is 0.0214. The molecule has 0 radical (unpaired) electrons. The van der Waals surface area contributed by atoms with Gasteiger partial charge in [-0.25, -0.2) is 0 Å². The van der Waals surface area contributed by atoms with E-state index in [0.29, 0.717) is 17.8 Å². The van der Waals surface area contributed by atoms with Gasteiger partial charge in [0.25, 0.3) is 5.91 Å². The zero-order chi connectivity index (χ0) is 14.3. The van der Waals surface area contributed by atoms with Crippen LogP contribution in [0.25, 0.3) is 0 Å². The molecule has 19 heavy (non-hydrogen) atoms. The molecule has 1 aromatic rings. The summed E-state index contributed by atoms with van der Waals surface area (Å²) in [6, 6.07) is 3.17. The van der Waals surface area contributed by atoms with Crippen LogP contribution >= 0.6 is 15.9 Å². The van der Waals surface area contributed by atoms with Gasteiger partial charge in [-0.2, -0.15) is 0 Å². The van der Waals surface area contributed by atoms with Crippen LogP contribution in [0.4, 0.5) is 0 Å². The van der Waals surface area contributed by atoms with Crippen molar-refractivity contribution in [1.82, 2.24) is 10.6 Å². The lowest BCUT2D eigenvalue weighted by Gasteiger charge is -2.05. The summed E-state index contributed by atoms with van der Waals surface area (Å²) >= 11 is 3.10. The molecule has 0 spiro atoms. The van der Waals surface area contributed by atoms with Crippen molar-refractivity contribution in [2.75, 3.05) is 13.1 Å². The molecule has 0 saturated heterocycles. The number of carbonyl (C=O) groups excluding carboxylic acids is 3. The van der Waals surface area contributed by atoms with E-state index in [1.807, 2.05) is 0 Å². The Morgan fingerprint density at radius 3 is 2.42 bits per heavy atom.